The lowest BCUT2D eigenvalue weighted by Gasteiger charge is -2.14. The SMILES string of the molecule is CSc1ncc(C(=O)O)cc1OC1CCOC1. The van der Waals surface area contributed by atoms with Gasteiger partial charge < -0.3 is 14.6 Å². The fourth-order valence-electron chi connectivity index (χ4n) is 1.57. The number of carbonyl (C=O) groups is 1. The van der Waals surface area contributed by atoms with Gasteiger partial charge in [0.05, 0.1) is 18.8 Å². The molecule has 6 heteroatoms. The van der Waals surface area contributed by atoms with Crippen molar-refractivity contribution < 1.29 is 19.4 Å². The maximum Gasteiger partial charge on any atom is 0.337 e. The van der Waals surface area contributed by atoms with Crippen molar-refractivity contribution >= 4 is 17.7 Å². The van der Waals surface area contributed by atoms with Gasteiger partial charge in [-0.25, -0.2) is 9.78 Å². The van der Waals surface area contributed by atoms with Gasteiger partial charge in [0.1, 0.15) is 11.1 Å². The Labute approximate surface area is 103 Å². The third-order valence-corrected chi connectivity index (χ3v) is 3.13. The minimum absolute atomic E-state index is 0.00764. The first kappa shape index (κ1) is 12.2. The maximum atomic E-state index is 10.9. The lowest BCUT2D eigenvalue weighted by molar-refractivity contribution is 0.0695. The van der Waals surface area contributed by atoms with E-state index in [4.69, 9.17) is 14.6 Å². The summed E-state index contributed by atoms with van der Waals surface area (Å²) in [7, 11) is 0. The van der Waals surface area contributed by atoms with Gasteiger partial charge in [0.2, 0.25) is 0 Å². The standard InChI is InChI=1S/C11H13NO4S/c1-17-10-9(16-8-2-3-15-6-8)4-7(5-12-10)11(13)14/h4-5,8H,2-3,6H2,1H3,(H,13,14). The highest BCUT2D eigenvalue weighted by Gasteiger charge is 2.20. The second kappa shape index (κ2) is 5.37. The zero-order valence-electron chi connectivity index (χ0n) is 9.38. The topological polar surface area (TPSA) is 68.7 Å². The molecule has 1 saturated heterocycles. The fourth-order valence-corrected chi connectivity index (χ4v) is 2.04. The summed E-state index contributed by atoms with van der Waals surface area (Å²) in [5.74, 6) is -0.481. The van der Waals surface area contributed by atoms with E-state index < -0.39 is 5.97 Å². The number of rotatable bonds is 4. The third-order valence-electron chi connectivity index (χ3n) is 2.44. The van der Waals surface area contributed by atoms with Crippen molar-refractivity contribution in [2.24, 2.45) is 0 Å². The quantitative estimate of drug-likeness (QED) is 0.825. The van der Waals surface area contributed by atoms with E-state index in [1.807, 2.05) is 6.26 Å². The molecule has 1 aliphatic rings. The van der Waals surface area contributed by atoms with E-state index >= 15 is 0 Å². The van der Waals surface area contributed by atoms with Crippen molar-refractivity contribution in [1.82, 2.24) is 4.98 Å². The zero-order chi connectivity index (χ0) is 12.3. The molecule has 0 spiro atoms. The molecule has 1 fully saturated rings. The van der Waals surface area contributed by atoms with E-state index in [2.05, 4.69) is 4.98 Å². The van der Waals surface area contributed by atoms with Crippen LogP contribution in [0, 0.1) is 0 Å². The minimum atomic E-state index is -1.00. The first-order valence-electron chi connectivity index (χ1n) is 5.22. The molecule has 1 aromatic rings. The molecule has 0 aliphatic carbocycles. The normalized spacial score (nSPS) is 19.2. The molecular weight excluding hydrogens is 242 g/mol. The fraction of sp³-hybridized carbons (Fsp3) is 0.455. The Balaban J connectivity index is 2.21. The Morgan fingerprint density at radius 2 is 2.53 bits per heavy atom. The zero-order valence-corrected chi connectivity index (χ0v) is 10.2. The lowest BCUT2D eigenvalue weighted by atomic mass is 10.2. The Kier molecular flexibility index (Phi) is 3.86. The summed E-state index contributed by atoms with van der Waals surface area (Å²) in [6.07, 6.45) is 4.03. The first-order chi connectivity index (χ1) is 8.20. The molecular formula is C11H13NO4S. The van der Waals surface area contributed by atoms with Crippen LogP contribution < -0.4 is 4.74 Å². The first-order valence-corrected chi connectivity index (χ1v) is 6.45. The van der Waals surface area contributed by atoms with Gasteiger partial charge in [-0.15, -0.1) is 11.8 Å². The van der Waals surface area contributed by atoms with Gasteiger partial charge in [-0.05, 0) is 12.3 Å². The van der Waals surface area contributed by atoms with Gasteiger partial charge >= 0.3 is 5.97 Å². The smallest absolute Gasteiger partial charge is 0.337 e. The van der Waals surface area contributed by atoms with Gasteiger partial charge in [0, 0.05) is 12.6 Å². The van der Waals surface area contributed by atoms with Crippen LogP contribution in [0.4, 0.5) is 0 Å². The minimum Gasteiger partial charge on any atom is -0.485 e. The second-order valence-corrected chi connectivity index (χ2v) is 4.43. The molecule has 1 aromatic heterocycles. The van der Waals surface area contributed by atoms with Crippen LogP contribution in [0.15, 0.2) is 17.3 Å². The van der Waals surface area contributed by atoms with Gasteiger partial charge in [-0.3, -0.25) is 0 Å². The van der Waals surface area contributed by atoms with E-state index in [1.54, 1.807) is 0 Å². The van der Waals surface area contributed by atoms with Gasteiger partial charge in [-0.2, -0.15) is 0 Å². The number of nitrogens with zero attached hydrogens (tertiary/aromatic N) is 1. The van der Waals surface area contributed by atoms with E-state index in [9.17, 15) is 4.79 Å². The van der Waals surface area contributed by atoms with Crippen molar-refractivity contribution in [3.05, 3.63) is 17.8 Å². The molecule has 2 heterocycles. The molecule has 1 atom stereocenters. The summed E-state index contributed by atoms with van der Waals surface area (Å²) in [6.45, 7) is 1.23. The average Bonchev–Trinajstić information content (AvgIpc) is 2.81. The van der Waals surface area contributed by atoms with Crippen LogP contribution in [0.3, 0.4) is 0 Å². The highest BCUT2D eigenvalue weighted by molar-refractivity contribution is 7.98. The summed E-state index contributed by atoms with van der Waals surface area (Å²) in [5, 5.41) is 9.60. The molecule has 1 aliphatic heterocycles. The molecule has 1 N–H and O–H groups in total. The molecule has 0 saturated carbocycles. The predicted molar refractivity (Wildman–Crippen MR) is 62.8 cm³/mol. The number of ether oxygens (including phenoxy) is 2. The largest absolute Gasteiger partial charge is 0.485 e. The van der Waals surface area contributed by atoms with Crippen LogP contribution in [0.2, 0.25) is 0 Å². The summed E-state index contributed by atoms with van der Waals surface area (Å²) in [5.41, 5.74) is 0.136. The van der Waals surface area contributed by atoms with E-state index in [0.29, 0.717) is 24.0 Å². The summed E-state index contributed by atoms with van der Waals surface area (Å²) < 4.78 is 10.9. The number of carboxylic acid groups (broad SMARTS) is 1. The number of hydrogen-bond donors (Lipinski definition) is 1. The van der Waals surface area contributed by atoms with Crippen LogP contribution in [-0.2, 0) is 4.74 Å². The van der Waals surface area contributed by atoms with E-state index in [1.165, 1.54) is 24.0 Å². The lowest BCUT2D eigenvalue weighted by Crippen LogP contribution is -2.16. The van der Waals surface area contributed by atoms with E-state index in [-0.39, 0.29) is 11.7 Å². The van der Waals surface area contributed by atoms with Crippen LogP contribution in [-0.4, -0.2) is 41.6 Å². The van der Waals surface area contributed by atoms with Crippen molar-refractivity contribution in [2.45, 2.75) is 17.6 Å². The molecule has 5 nitrogen and oxygen atoms in total. The molecule has 2 rings (SSSR count). The van der Waals surface area contributed by atoms with Gasteiger partial charge in [0.15, 0.2) is 5.75 Å². The number of thioether (sulfide) groups is 1. The highest BCUT2D eigenvalue weighted by Crippen LogP contribution is 2.28. The Morgan fingerprint density at radius 3 is 3.12 bits per heavy atom. The third kappa shape index (κ3) is 2.89. The molecule has 0 aromatic carbocycles. The predicted octanol–water partition coefficient (Wildman–Crippen LogP) is 1.67. The molecule has 0 amide bonds. The Hall–Kier alpha value is -1.27. The summed E-state index contributed by atoms with van der Waals surface area (Å²) in [4.78, 5) is 14.9. The highest BCUT2D eigenvalue weighted by atomic mass is 32.2. The van der Waals surface area contributed by atoms with E-state index in [0.717, 1.165) is 6.42 Å². The molecule has 0 radical (unpaired) electrons. The Morgan fingerprint density at radius 1 is 1.71 bits per heavy atom. The number of pyridine rings is 1. The molecule has 1 unspecified atom stereocenters. The van der Waals surface area contributed by atoms with Crippen molar-refractivity contribution in [2.75, 3.05) is 19.5 Å². The van der Waals surface area contributed by atoms with Crippen LogP contribution in [0.5, 0.6) is 5.75 Å². The number of carboxylic acids is 1. The van der Waals surface area contributed by atoms with Crippen LogP contribution >= 0.6 is 11.8 Å². The van der Waals surface area contributed by atoms with Crippen molar-refractivity contribution in [1.29, 1.82) is 0 Å². The average molecular weight is 255 g/mol. The van der Waals surface area contributed by atoms with Gasteiger partial charge in [-0.1, -0.05) is 0 Å². The summed E-state index contributed by atoms with van der Waals surface area (Å²) in [6, 6.07) is 1.51. The monoisotopic (exact) mass is 255 g/mol. The van der Waals surface area contributed by atoms with Crippen molar-refractivity contribution in [3.8, 4) is 5.75 Å². The maximum absolute atomic E-state index is 10.9. The summed E-state index contributed by atoms with van der Waals surface area (Å²) >= 11 is 1.43. The number of hydrogen-bond acceptors (Lipinski definition) is 5. The number of aromatic nitrogens is 1. The van der Waals surface area contributed by atoms with Crippen molar-refractivity contribution in [3.63, 3.8) is 0 Å². The Bertz CT molecular complexity index is 418. The van der Waals surface area contributed by atoms with Crippen LogP contribution in [0.25, 0.3) is 0 Å². The molecule has 92 valence electrons. The number of aromatic carboxylic acids is 1. The molecule has 17 heavy (non-hydrogen) atoms. The van der Waals surface area contributed by atoms with Crippen LogP contribution in [0.1, 0.15) is 16.8 Å². The van der Waals surface area contributed by atoms with Gasteiger partial charge in [0.25, 0.3) is 0 Å². The molecule has 0 bridgehead atoms. The second-order valence-electron chi connectivity index (χ2n) is 3.64.